The van der Waals surface area contributed by atoms with Gasteiger partial charge in [-0.2, -0.15) is 0 Å². The first kappa shape index (κ1) is 12.8. The summed E-state index contributed by atoms with van der Waals surface area (Å²) in [5.74, 6) is 0.120. The second-order valence-corrected chi connectivity index (χ2v) is 6.05. The lowest BCUT2D eigenvalue weighted by atomic mass is 9.87. The molecule has 2 fully saturated rings. The second-order valence-electron chi connectivity index (χ2n) is 6.05. The number of aliphatic hydroxyl groups excluding tert-OH is 1. The van der Waals surface area contributed by atoms with Crippen molar-refractivity contribution in [2.45, 2.75) is 76.7 Å². The third-order valence-corrected chi connectivity index (χ3v) is 4.13. The first-order chi connectivity index (χ1) is 7.92. The standard InChI is InChI=1S/C13H24N2O2/c1-9(16)15-11-7-5-4-6-10(11)14-12(17)8-13(15,2)3/h9-11,16H,4-8H2,1-3H3,(H,14,17). The lowest BCUT2D eigenvalue weighted by molar-refractivity contribution is -0.123. The molecule has 1 saturated carbocycles. The highest BCUT2D eigenvalue weighted by molar-refractivity contribution is 5.78. The van der Waals surface area contributed by atoms with Crippen molar-refractivity contribution in [3.05, 3.63) is 0 Å². The monoisotopic (exact) mass is 240 g/mol. The molecule has 3 unspecified atom stereocenters. The first-order valence-electron chi connectivity index (χ1n) is 6.68. The summed E-state index contributed by atoms with van der Waals surface area (Å²) < 4.78 is 0. The van der Waals surface area contributed by atoms with Crippen LogP contribution in [0.3, 0.4) is 0 Å². The summed E-state index contributed by atoms with van der Waals surface area (Å²) >= 11 is 0. The van der Waals surface area contributed by atoms with Gasteiger partial charge >= 0.3 is 0 Å². The predicted molar refractivity (Wildman–Crippen MR) is 66.4 cm³/mol. The van der Waals surface area contributed by atoms with E-state index in [9.17, 15) is 9.90 Å². The highest BCUT2D eigenvalue weighted by atomic mass is 16.3. The molecular formula is C13H24N2O2. The molecule has 0 bridgehead atoms. The fraction of sp³-hybridized carbons (Fsp3) is 0.923. The molecule has 1 amide bonds. The van der Waals surface area contributed by atoms with Gasteiger partial charge in [0.2, 0.25) is 5.91 Å². The van der Waals surface area contributed by atoms with Gasteiger partial charge in [-0.1, -0.05) is 12.8 Å². The van der Waals surface area contributed by atoms with Crippen LogP contribution in [0.25, 0.3) is 0 Å². The minimum absolute atomic E-state index is 0.120. The van der Waals surface area contributed by atoms with E-state index in [-0.39, 0.29) is 23.5 Å². The first-order valence-corrected chi connectivity index (χ1v) is 6.68. The van der Waals surface area contributed by atoms with E-state index in [2.05, 4.69) is 24.1 Å². The second kappa shape index (κ2) is 4.58. The maximum atomic E-state index is 11.9. The van der Waals surface area contributed by atoms with Gasteiger partial charge in [-0.25, -0.2) is 0 Å². The number of carbonyl (C=O) groups excluding carboxylic acids is 1. The molecule has 3 atom stereocenters. The van der Waals surface area contributed by atoms with E-state index in [1.807, 2.05) is 6.92 Å². The Morgan fingerprint density at radius 2 is 2.06 bits per heavy atom. The van der Waals surface area contributed by atoms with Gasteiger partial charge in [-0.05, 0) is 33.6 Å². The minimum atomic E-state index is -0.497. The van der Waals surface area contributed by atoms with E-state index in [0.717, 1.165) is 12.8 Å². The van der Waals surface area contributed by atoms with Crippen LogP contribution in [0.5, 0.6) is 0 Å². The topological polar surface area (TPSA) is 52.6 Å². The minimum Gasteiger partial charge on any atom is -0.379 e. The van der Waals surface area contributed by atoms with Gasteiger partial charge in [0, 0.05) is 24.0 Å². The molecule has 2 N–H and O–H groups in total. The Bertz CT molecular complexity index is 302. The molecule has 0 aromatic rings. The van der Waals surface area contributed by atoms with Gasteiger partial charge in [0.05, 0.1) is 0 Å². The summed E-state index contributed by atoms with van der Waals surface area (Å²) in [6, 6.07) is 0.498. The Kier molecular flexibility index (Phi) is 3.46. The van der Waals surface area contributed by atoms with Crippen molar-refractivity contribution in [3.8, 4) is 0 Å². The molecule has 1 aliphatic carbocycles. The maximum Gasteiger partial charge on any atom is 0.222 e. The molecule has 0 aromatic heterocycles. The number of nitrogens with zero attached hydrogens (tertiary/aromatic N) is 1. The SMILES string of the molecule is CC(O)N1C2CCCCC2NC(=O)CC1(C)C. The van der Waals surface area contributed by atoms with Crippen LogP contribution in [0, 0.1) is 0 Å². The van der Waals surface area contributed by atoms with E-state index < -0.39 is 6.23 Å². The molecule has 17 heavy (non-hydrogen) atoms. The summed E-state index contributed by atoms with van der Waals surface area (Å²) in [7, 11) is 0. The molecule has 0 radical (unpaired) electrons. The van der Waals surface area contributed by atoms with Crippen molar-refractivity contribution in [1.82, 2.24) is 10.2 Å². The van der Waals surface area contributed by atoms with Crippen LogP contribution < -0.4 is 5.32 Å². The average molecular weight is 240 g/mol. The van der Waals surface area contributed by atoms with Crippen molar-refractivity contribution < 1.29 is 9.90 Å². The third-order valence-electron chi connectivity index (χ3n) is 4.13. The Labute approximate surface area is 103 Å². The molecule has 0 aromatic carbocycles. The van der Waals surface area contributed by atoms with Crippen molar-refractivity contribution in [2.75, 3.05) is 0 Å². The van der Waals surface area contributed by atoms with Gasteiger partial charge in [0.25, 0.3) is 0 Å². The Balaban J connectivity index is 2.31. The molecule has 4 nitrogen and oxygen atoms in total. The summed E-state index contributed by atoms with van der Waals surface area (Å²) in [6.07, 6.45) is 4.44. The van der Waals surface area contributed by atoms with E-state index >= 15 is 0 Å². The smallest absolute Gasteiger partial charge is 0.222 e. The van der Waals surface area contributed by atoms with Crippen molar-refractivity contribution in [2.24, 2.45) is 0 Å². The maximum absolute atomic E-state index is 11.9. The zero-order valence-corrected chi connectivity index (χ0v) is 11.1. The number of nitrogens with one attached hydrogen (secondary N) is 1. The summed E-state index contributed by atoms with van der Waals surface area (Å²) in [6.45, 7) is 5.91. The van der Waals surface area contributed by atoms with Crippen LogP contribution in [-0.4, -0.2) is 39.8 Å². The Morgan fingerprint density at radius 1 is 1.41 bits per heavy atom. The van der Waals surface area contributed by atoms with Crippen molar-refractivity contribution in [3.63, 3.8) is 0 Å². The number of carbonyl (C=O) groups is 1. The number of hydrogen-bond acceptors (Lipinski definition) is 3. The summed E-state index contributed by atoms with van der Waals surface area (Å²) in [5, 5.41) is 13.2. The molecule has 0 spiro atoms. The highest BCUT2D eigenvalue weighted by Crippen LogP contribution is 2.34. The number of hydrogen-bond donors (Lipinski definition) is 2. The molecule has 1 heterocycles. The van der Waals surface area contributed by atoms with E-state index in [1.165, 1.54) is 12.8 Å². The lowest BCUT2D eigenvalue weighted by Crippen LogP contribution is -2.58. The molecule has 4 heteroatoms. The molecule has 2 aliphatic rings. The zero-order chi connectivity index (χ0) is 12.6. The van der Waals surface area contributed by atoms with E-state index in [0.29, 0.717) is 6.42 Å². The zero-order valence-electron chi connectivity index (χ0n) is 11.1. The number of amides is 1. The highest BCUT2D eigenvalue weighted by Gasteiger charge is 2.44. The Hall–Kier alpha value is -0.610. The van der Waals surface area contributed by atoms with Gasteiger partial charge < -0.3 is 10.4 Å². The van der Waals surface area contributed by atoms with Crippen LogP contribution >= 0.6 is 0 Å². The van der Waals surface area contributed by atoms with Crippen LogP contribution in [0.1, 0.15) is 52.9 Å². The molecule has 2 rings (SSSR count). The van der Waals surface area contributed by atoms with Crippen LogP contribution in [-0.2, 0) is 4.79 Å². The van der Waals surface area contributed by atoms with Gasteiger partial charge in [-0.15, -0.1) is 0 Å². The van der Waals surface area contributed by atoms with Gasteiger partial charge in [0.1, 0.15) is 6.23 Å². The van der Waals surface area contributed by atoms with E-state index in [4.69, 9.17) is 0 Å². The summed E-state index contributed by atoms with van der Waals surface area (Å²) in [4.78, 5) is 14.0. The average Bonchev–Trinajstić information content (AvgIpc) is 2.27. The largest absolute Gasteiger partial charge is 0.379 e. The number of aliphatic hydroxyl groups is 1. The van der Waals surface area contributed by atoms with Gasteiger partial charge in [0.15, 0.2) is 0 Å². The third kappa shape index (κ3) is 2.47. The molecule has 1 saturated heterocycles. The molecule has 98 valence electrons. The van der Waals surface area contributed by atoms with Crippen LogP contribution in [0.2, 0.25) is 0 Å². The van der Waals surface area contributed by atoms with E-state index in [1.54, 1.807) is 0 Å². The number of rotatable bonds is 1. The van der Waals surface area contributed by atoms with Crippen LogP contribution in [0.4, 0.5) is 0 Å². The van der Waals surface area contributed by atoms with Crippen LogP contribution in [0.15, 0.2) is 0 Å². The molecule has 1 aliphatic heterocycles. The summed E-state index contributed by atoms with van der Waals surface area (Å²) in [5.41, 5.74) is -0.269. The van der Waals surface area contributed by atoms with Crippen molar-refractivity contribution >= 4 is 5.91 Å². The van der Waals surface area contributed by atoms with Crippen molar-refractivity contribution in [1.29, 1.82) is 0 Å². The molecular weight excluding hydrogens is 216 g/mol. The Morgan fingerprint density at radius 3 is 2.71 bits per heavy atom. The van der Waals surface area contributed by atoms with Gasteiger partial charge in [-0.3, -0.25) is 9.69 Å². The predicted octanol–water partition coefficient (Wildman–Crippen LogP) is 1.24. The normalized spacial score (nSPS) is 35.6. The lowest BCUT2D eigenvalue weighted by Gasteiger charge is -2.46. The number of fused-ring (bicyclic) bond motifs is 1. The fourth-order valence-corrected chi connectivity index (χ4v) is 3.59. The fourth-order valence-electron chi connectivity index (χ4n) is 3.59. The quantitative estimate of drug-likeness (QED) is 0.725.